The fourth-order valence-corrected chi connectivity index (χ4v) is 5.12. The van der Waals surface area contributed by atoms with Crippen LogP contribution in [0.3, 0.4) is 0 Å². The summed E-state index contributed by atoms with van der Waals surface area (Å²) >= 11 is 0. The second-order valence-electron chi connectivity index (χ2n) is 11.1. The summed E-state index contributed by atoms with van der Waals surface area (Å²) in [6.45, 7) is 8.93. The number of benzene rings is 1. The number of aromatic nitrogens is 2. The molecule has 0 saturated carbocycles. The number of aryl methyl sites for hydroxylation is 1. The molecule has 1 aromatic heterocycles. The number of carbonyl (C=O) groups is 3. The summed E-state index contributed by atoms with van der Waals surface area (Å²) in [6, 6.07) is 5.24. The highest BCUT2D eigenvalue weighted by molar-refractivity contribution is 6.00. The molecule has 36 heavy (non-hydrogen) atoms. The lowest BCUT2D eigenvalue weighted by Gasteiger charge is -2.34. The Balaban J connectivity index is 1.39. The molecule has 0 aliphatic carbocycles. The molecule has 1 atom stereocenters. The molecule has 2 aliphatic heterocycles. The first-order valence-electron chi connectivity index (χ1n) is 12.6. The Morgan fingerprint density at radius 3 is 2.44 bits per heavy atom. The van der Waals surface area contributed by atoms with Gasteiger partial charge in [0.05, 0.1) is 11.0 Å². The minimum atomic E-state index is -0.678. The number of imide groups is 1. The number of nitrogens with zero attached hydrogens (tertiary/aromatic N) is 4. The van der Waals surface area contributed by atoms with Gasteiger partial charge in [0.25, 0.3) is 0 Å². The number of hydrogen-bond acceptors (Lipinski definition) is 6. The topological polar surface area (TPSA) is 106 Å². The number of hydrogen-bond donors (Lipinski definition) is 1. The van der Waals surface area contributed by atoms with Gasteiger partial charge in [0, 0.05) is 33.6 Å². The smallest absolute Gasteiger partial charge is 0.410 e. The van der Waals surface area contributed by atoms with E-state index >= 15 is 0 Å². The maximum absolute atomic E-state index is 13.0. The van der Waals surface area contributed by atoms with Crippen molar-refractivity contribution in [1.82, 2.24) is 24.3 Å². The van der Waals surface area contributed by atoms with Gasteiger partial charge in [-0.2, -0.15) is 0 Å². The van der Waals surface area contributed by atoms with Gasteiger partial charge in [-0.25, -0.2) is 9.59 Å². The van der Waals surface area contributed by atoms with Gasteiger partial charge in [-0.05, 0) is 76.7 Å². The number of fused-ring (bicyclic) bond motifs is 1. The third-order valence-electron chi connectivity index (χ3n) is 7.03. The van der Waals surface area contributed by atoms with E-state index in [0.717, 1.165) is 43.6 Å². The van der Waals surface area contributed by atoms with Crippen LogP contribution in [0.15, 0.2) is 23.0 Å². The van der Waals surface area contributed by atoms with Gasteiger partial charge in [-0.1, -0.05) is 6.07 Å². The molecule has 3 amide bonds. The number of ether oxygens (including phenoxy) is 1. The first-order valence-corrected chi connectivity index (χ1v) is 12.6. The SMILES string of the molecule is CN(CC1CCN(Cc2ccc3c(c2)n(C)c(=O)n3C2CCC(=O)NC2=O)CC1)C(=O)OC(C)(C)C. The van der Waals surface area contributed by atoms with E-state index in [-0.39, 0.29) is 24.1 Å². The Labute approximate surface area is 211 Å². The molecule has 2 aromatic rings. The maximum atomic E-state index is 13.0. The second kappa shape index (κ2) is 10.1. The number of carbonyl (C=O) groups excluding carboxylic acids is 3. The molecule has 2 saturated heterocycles. The van der Waals surface area contributed by atoms with Crippen LogP contribution in [0, 0.1) is 5.92 Å². The van der Waals surface area contributed by atoms with Crippen LogP contribution >= 0.6 is 0 Å². The standard InChI is InChI=1S/C26H37N5O5/c1-26(2,3)36-25(35)28(4)15-17-10-12-30(13-11-17)16-18-6-7-19-21(14-18)29(5)24(34)31(19)20-8-9-22(32)27-23(20)33/h6-7,14,17,20H,8-13,15-16H2,1-5H3,(H,27,32,33). The molecule has 4 rings (SSSR count). The predicted octanol–water partition coefficient (Wildman–Crippen LogP) is 2.40. The average Bonchev–Trinajstić information content (AvgIpc) is 3.04. The summed E-state index contributed by atoms with van der Waals surface area (Å²) in [4.78, 5) is 53.2. The van der Waals surface area contributed by atoms with Crippen molar-refractivity contribution in [3.63, 3.8) is 0 Å². The number of amides is 3. The number of piperidine rings is 2. The third kappa shape index (κ3) is 5.64. The van der Waals surface area contributed by atoms with Crippen LogP contribution in [0.5, 0.6) is 0 Å². The summed E-state index contributed by atoms with van der Waals surface area (Å²) in [5.74, 6) is -0.290. The van der Waals surface area contributed by atoms with Crippen LogP contribution in [-0.4, -0.2) is 69.1 Å². The fourth-order valence-electron chi connectivity index (χ4n) is 5.12. The fraction of sp³-hybridized carbons (Fsp3) is 0.615. The van der Waals surface area contributed by atoms with E-state index in [1.54, 1.807) is 23.6 Å². The molecule has 1 aromatic carbocycles. The Morgan fingerprint density at radius 2 is 1.81 bits per heavy atom. The van der Waals surface area contributed by atoms with Crippen LogP contribution in [0.2, 0.25) is 0 Å². The lowest BCUT2D eigenvalue weighted by atomic mass is 9.96. The zero-order valence-corrected chi connectivity index (χ0v) is 21.9. The molecule has 1 unspecified atom stereocenters. The number of imidazole rings is 1. The summed E-state index contributed by atoms with van der Waals surface area (Å²) in [5.41, 5.74) is 1.82. The van der Waals surface area contributed by atoms with Crippen molar-refractivity contribution in [2.24, 2.45) is 13.0 Å². The van der Waals surface area contributed by atoms with Crippen LogP contribution in [-0.2, 0) is 27.9 Å². The van der Waals surface area contributed by atoms with Crippen molar-refractivity contribution in [3.8, 4) is 0 Å². The van der Waals surface area contributed by atoms with E-state index in [2.05, 4.69) is 10.2 Å². The van der Waals surface area contributed by atoms with E-state index in [1.807, 2.05) is 39.0 Å². The zero-order valence-electron chi connectivity index (χ0n) is 21.9. The Bertz CT molecular complexity index is 1220. The van der Waals surface area contributed by atoms with E-state index < -0.39 is 17.6 Å². The molecule has 10 nitrogen and oxygen atoms in total. The van der Waals surface area contributed by atoms with Gasteiger partial charge < -0.3 is 9.64 Å². The van der Waals surface area contributed by atoms with E-state index in [9.17, 15) is 19.2 Å². The molecular formula is C26H37N5O5. The van der Waals surface area contributed by atoms with Crippen molar-refractivity contribution < 1.29 is 19.1 Å². The van der Waals surface area contributed by atoms with Crippen molar-refractivity contribution >= 4 is 28.9 Å². The normalized spacial score (nSPS) is 20.0. The van der Waals surface area contributed by atoms with Crippen molar-refractivity contribution in [2.75, 3.05) is 26.7 Å². The van der Waals surface area contributed by atoms with Gasteiger partial charge in [0.1, 0.15) is 11.6 Å². The largest absolute Gasteiger partial charge is 0.444 e. The molecule has 2 aliphatic rings. The summed E-state index contributed by atoms with van der Waals surface area (Å²) in [7, 11) is 3.50. The Morgan fingerprint density at radius 1 is 1.11 bits per heavy atom. The van der Waals surface area contributed by atoms with Gasteiger partial charge >= 0.3 is 11.8 Å². The quantitative estimate of drug-likeness (QED) is 0.634. The van der Waals surface area contributed by atoms with E-state index in [0.29, 0.717) is 24.4 Å². The Kier molecular flexibility index (Phi) is 7.26. The summed E-state index contributed by atoms with van der Waals surface area (Å²) in [6.07, 6.45) is 2.26. The number of nitrogens with one attached hydrogen (secondary N) is 1. The van der Waals surface area contributed by atoms with Gasteiger partial charge in [0.2, 0.25) is 11.8 Å². The average molecular weight is 500 g/mol. The zero-order chi connectivity index (χ0) is 26.2. The second-order valence-corrected chi connectivity index (χ2v) is 11.1. The number of rotatable bonds is 5. The summed E-state index contributed by atoms with van der Waals surface area (Å²) in [5, 5.41) is 2.34. The Hall–Kier alpha value is -3.14. The van der Waals surface area contributed by atoms with Gasteiger partial charge in [-0.15, -0.1) is 0 Å². The van der Waals surface area contributed by atoms with Gasteiger partial charge in [-0.3, -0.25) is 28.9 Å². The minimum absolute atomic E-state index is 0.223. The molecule has 0 radical (unpaired) electrons. The molecule has 1 N–H and O–H groups in total. The van der Waals surface area contributed by atoms with Crippen molar-refractivity contribution in [2.45, 2.75) is 64.6 Å². The van der Waals surface area contributed by atoms with Crippen molar-refractivity contribution in [1.29, 1.82) is 0 Å². The molecule has 0 spiro atoms. The van der Waals surface area contributed by atoms with E-state index in [4.69, 9.17) is 4.74 Å². The lowest BCUT2D eigenvalue weighted by molar-refractivity contribution is -0.135. The monoisotopic (exact) mass is 499 g/mol. The highest BCUT2D eigenvalue weighted by Gasteiger charge is 2.31. The highest BCUT2D eigenvalue weighted by atomic mass is 16.6. The minimum Gasteiger partial charge on any atom is -0.444 e. The van der Waals surface area contributed by atoms with Crippen LogP contribution < -0.4 is 11.0 Å². The summed E-state index contributed by atoms with van der Waals surface area (Å²) < 4.78 is 8.54. The maximum Gasteiger partial charge on any atom is 0.410 e. The lowest BCUT2D eigenvalue weighted by Crippen LogP contribution is -2.44. The predicted molar refractivity (Wildman–Crippen MR) is 135 cm³/mol. The van der Waals surface area contributed by atoms with Crippen molar-refractivity contribution in [3.05, 3.63) is 34.2 Å². The van der Waals surface area contributed by atoms with Crippen LogP contribution in [0.4, 0.5) is 4.79 Å². The molecule has 196 valence electrons. The first-order chi connectivity index (χ1) is 16.9. The molecule has 3 heterocycles. The molecular weight excluding hydrogens is 462 g/mol. The molecule has 0 bridgehead atoms. The van der Waals surface area contributed by atoms with Crippen LogP contribution in [0.25, 0.3) is 11.0 Å². The molecule has 10 heteroatoms. The first kappa shape index (κ1) is 25.9. The van der Waals surface area contributed by atoms with Gasteiger partial charge in [0.15, 0.2) is 0 Å². The highest BCUT2D eigenvalue weighted by Crippen LogP contribution is 2.25. The third-order valence-corrected chi connectivity index (χ3v) is 7.03. The van der Waals surface area contributed by atoms with Crippen LogP contribution in [0.1, 0.15) is 58.1 Å². The number of likely N-dealkylation sites (tertiary alicyclic amines) is 1. The van der Waals surface area contributed by atoms with E-state index in [1.165, 1.54) is 4.57 Å². The molecule has 2 fully saturated rings.